The maximum atomic E-state index is 5.11. The highest BCUT2D eigenvalue weighted by atomic mass is 15.1. The molecule has 0 unspecified atom stereocenters. The van der Waals surface area contributed by atoms with Crippen LogP contribution in [0.2, 0.25) is 0 Å². The van der Waals surface area contributed by atoms with Crippen molar-refractivity contribution in [3.8, 4) is 51.2 Å². The lowest BCUT2D eigenvalue weighted by Gasteiger charge is -2.13. The SMILES string of the molecule is c1ccc(-c2nc(-c3ccccc3)nc(-c3cccc(-n4c5ccccc5c5ccc6c(c54)c4c(c5ccccc5n4-c4ccccc4)n6-c4ccccc4)c3)n2)cc1. The summed E-state index contributed by atoms with van der Waals surface area (Å²) in [7, 11) is 0. The van der Waals surface area contributed by atoms with E-state index < -0.39 is 0 Å². The van der Waals surface area contributed by atoms with Crippen LogP contribution in [0.4, 0.5) is 0 Å². The van der Waals surface area contributed by atoms with Gasteiger partial charge in [0.1, 0.15) is 0 Å². The predicted molar refractivity (Wildman–Crippen MR) is 242 cm³/mol. The molecule has 59 heavy (non-hydrogen) atoms. The molecule has 0 aliphatic rings. The van der Waals surface area contributed by atoms with Crippen molar-refractivity contribution in [3.63, 3.8) is 0 Å². The van der Waals surface area contributed by atoms with Crippen LogP contribution in [0.15, 0.2) is 206 Å². The maximum Gasteiger partial charge on any atom is 0.164 e. The topological polar surface area (TPSA) is 53.5 Å². The Morgan fingerprint density at radius 3 is 1.32 bits per heavy atom. The fourth-order valence-corrected chi connectivity index (χ4v) is 8.95. The molecule has 4 aromatic heterocycles. The second kappa shape index (κ2) is 13.3. The van der Waals surface area contributed by atoms with Gasteiger partial charge in [-0.1, -0.05) is 152 Å². The molecular formula is C53H34N6. The molecule has 0 amide bonds. The van der Waals surface area contributed by atoms with Gasteiger partial charge in [-0.2, -0.15) is 0 Å². The van der Waals surface area contributed by atoms with E-state index in [0.29, 0.717) is 17.5 Å². The van der Waals surface area contributed by atoms with Crippen LogP contribution in [-0.2, 0) is 0 Å². The molecular weight excluding hydrogens is 721 g/mol. The highest BCUT2D eigenvalue weighted by Gasteiger charge is 2.26. The summed E-state index contributed by atoms with van der Waals surface area (Å²) in [5.41, 5.74) is 13.0. The number of para-hydroxylation sites is 4. The fourth-order valence-electron chi connectivity index (χ4n) is 8.95. The third kappa shape index (κ3) is 5.17. The smallest absolute Gasteiger partial charge is 0.164 e. The quantitative estimate of drug-likeness (QED) is 0.170. The first-order chi connectivity index (χ1) is 29.3. The molecule has 276 valence electrons. The number of hydrogen-bond acceptors (Lipinski definition) is 3. The van der Waals surface area contributed by atoms with Crippen molar-refractivity contribution in [2.24, 2.45) is 0 Å². The summed E-state index contributed by atoms with van der Waals surface area (Å²) in [4.78, 5) is 15.2. The first kappa shape index (κ1) is 33.1. The van der Waals surface area contributed by atoms with Crippen LogP contribution in [0.1, 0.15) is 0 Å². The van der Waals surface area contributed by atoms with Crippen molar-refractivity contribution >= 4 is 54.6 Å². The molecule has 0 saturated heterocycles. The van der Waals surface area contributed by atoms with Crippen molar-refractivity contribution in [2.75, 3.05) is 0 Å². The van der Waals surface area contributed by atoms with E-state index in [2.05, 4.69) is 159 Å². The van der Waals surface area contributed by atoms with E-state index >= 15 is 0 Å². The zero-order chi connectivity index (χ0) is 38.9. The molecule has 8 aromatic carbocycles. The molecule has 0 N–H and O–H groups in total. The van der Waals surface area contributed by atoms with Gasteiger partial charge in [0, 0.05) is 55.3 Å². The van der Waals surface area contributed by atoms with Crippen LogP contribution in [0.3, 0.4) is 0 Å². The molecule has 12 rings (SSSR count). The average molecular weight is 755 g/mol. The van der Waals surface area contributed by atoms with Crippen molar-refractivity contribution in [3.05, 3.63) is 206 Å². The Labute approximate surface area is 339 Å². The van der Waals surface area contributed by atoms with E-state index in [-0.39, 0.29) is 0 Å². The summed E-state index contributed by atoms with van der Waals surface area (Å²) >= 11 is 0. The van der Waals surface area contributed by atoms with Crippen molar-refractivity contribution < 1.29 is 0 Å². The largest absolute Gasteiger partial charge is 0.308 e. The zero-order valence-electron chi connectivity index (χ0n) is 31.8. The molecule has 0 spiro atoms. The predicted octanol–water partition coefficient (Wildman–Crippen LogP) is 13.0. The summed E-state index contributed by atoms with van der Waals surface area (Å²) in [5, 5.41) is 4.76. The lowest BCUT2D eigenvalue weighted by molar-refractivity contribution is 1.07. The van der Waals surface area contributed by atoms with E-state index in [9.17, 15) is 0 Å². The van der Waals surface area contributed by atoms with Crippen molar-refractivity contribution in [2.45, 2.75) is 0 Å². The van der Waals surface area contributed by atoms with E-state index in [4.69, 9.17) is 15.0 Å². The molecule has 0 aliphatic carbocycles. The Balaban J connectivity index is 1.20. The summed E-state index contributed by atoms with van der Waals surface area (Å²) in [6.07, 6.45) is 0. The molecule has 0 aliphatic heterocycles. The van der Waals surface area contributed by atoms with Crippen LogP contribution in [-0.4, -0.2) is 28.7 Å². The minimum absolute atomic E-state index is 0.618. The summed E-state index contributed by atoms with van der Waals surface area (Å²) in [6.45, 7) is 0. The lowest BCUT2D eigenvalue weighted by Crippen LogP contribution is -2.01. The molecule has 0 bridgehead atoms. The van der Waals surface area contributed by atoms with Crippen LogP contribution in [0.25, 0.3) is 106 Å². The minimum atomic E-state index is 0.618. The van der Waals surface area contributed by atoms with Gasteiger partial charge < -0.3 is 13.7 Å². The third-order valence-corrected chi connectivity index (χ3v) is 11.5. The number of rotatable bonds is 6. The van der Waals surface area contributed by atoms with Crippen LogP contribution >= 0.6 is 0 Å². The molecule has 0 radical (unpaired) electrons. The first-order valence-electron chi connectivity index (χ1n) is 19.9. The second-order valence-corrected chi connectivity index (χ2v) is 14.9. The number of fused-ring (bicyclic) bond motifs is 9. The molecule has 4 heterocycles. The van der Waals surface area contributed by atoms with E-state index in [1.807, 2.05) is 60.7 Å². The maximum absolute atomic E-state index is 5.11. The number of nitrogens with zero attached hydrogens (tertiary/aromatic N) is 6. The van der Waals surface area contributed by atoms with Gasteiger partial charge >= 0.3 is 0 Å². The second-order valence-electron chi connectivity index (χ2n) is 14.9. The highest BCUT2D eigenvalue weighted by Crippen LogP contribution is 2.46. The normalized spacial score (nSPS) is 11.7. The van der Waals surface area contributed by atoms with Gasteiger partial charge in [-0.15, -0.1) is 0 Å². The molecule has 0 saturated carbocycles. The summed E-state index contributed by atoms with van der Waals surface area (Å²) in [5.74, 6) is 1.89. The molecule has 6 nitrogen and oxygen atoms in total. The number of hydrogen-bond donors (Lipinski definition) is 0. The van der Waals surface area contributed by atoms with Crippen LogP contribution < -0.4 is 0 Å². The Morgan fingerprint density at radius 1 is 0.271 bits per heavy atom. The number of aromatic nitrogens is 6. The average Bonchev–Trinajstić information content (AvgIpc) is 3.95. The minimum Gasteiger partial charge on any atom is -0.308 e. The molecule has 0 atom stereocenters. The van der Waals surface area contributed by atoms with E-state index in [0.717, 1.165) is 55.8 Å². The van der Waals surface area contributed by atoms with Gasteiger partial charge in [0.15, 0.2) is 17.5 Å². The van der Waals surface area contributed by atoms with Gasteiger partial charge in [0.2, 0.25) is 0 Å². The molecule has 12 aromatic rings. The van der Waals surface area contributed by atoms with Crippen molar-refractivity contribution in [1.29, 1.82) is 0 Å². The van der Waals surface area contributed by atoms with Crippen molar-refractivity contribution in [1.82, 2.24) is 28.7 Å². The Hall–Kier alpha value is -8.09. The molecule has 0 fully saturated rings. The standard InChI is InChI=1S/C53H34N6/c1-5-18-35(19-6-1)51-54-52(36-20-7-2-8-21-36)56-53(55-51)37-22-17-27-40(34-37)59-44-30-15-13-28-41(44)42-32-33-46-47(48(42)59)50-49(58(46)39-25-11-4-12-26-39)43-29-14-16-31-45(43)57(50)38-23-9-3-10-24-38/h1-34H. The zero-order valence-corrected chi connectivity index (χ0v) is 31.8. The molecule has 6 heteroatoms. The van der Waals surface area contributed by atoms with Crippen LogP contribution in [0, 0.1) is 0 Å². The monoisotopic (exact) mass is 754 g/mol. The Bertz CT molecular complexity index is 3430. The van der Waals surface area contributed by atoms with Gasteiger partial charge in [-0.3, -0.25) is 0 Å². The number of benzene rings is 8. The Morgan fingerprint density at radius 2 is 0.712 bits per heavy atom. The van der Waals surface area contributed by atoms with Gasteiger partial charge in [-0.05, 0) is 54.6 Å². The fraction of sp³-hybridized carbons (Fsp3) is 0. The van der Waals surface area contributed by atoms with Gasteiger partial charge in [0.05, 0.1) is 33.1 Å². The summed E-state index contributed by atoms with van der Waals surface area (Å²) in [6, 6.07) is 72.6. The highest BCUT2D eigenvalue weighted by molar-refractivity contribution is 6.29. The Kier molecular flexibility index (Phi) is 7.43. The van der Waals surface area contributed by atoms with Gasteiger partial charge in [0.25, 0.3) is 0 Å². The van der Waals surface area contributed by atoms with Gasteiger partial charge in [-0.25, -0.2) is 15.0 Å². The lowest BCUT2D eigenvalue weighted by atomic mass is 10.1. The van der Waals surface area contributed by atoms with E-state index in [1.54, 1.807) is 0 Å². The van der Waals surface area contributed by atoms with Crippen LogP contribution in [0.5, 0.6) is 0 Å². The third-order valence-electron chi connectivity index (χ3n) is 11.5. The first-order valence-corrected chi connectivity index (χ1v) is 19.9. The summed E-state index contributed by atoms with van der Waals surface area (Å²) < 4.78 is 7.34. The van der Waals surface area contributed by atoms with E-state index in [1.165, 1.54) is 32.6 Å².